The number of ether oxygens (including phenoxy) is 1. The van der Waals surface area contributed by atoms with Crippen LogP contribution in [-0.4, -0.2) is 12.6 Å². The minimum Gasteiger partial charge on any atom is -0.490 e. The van der Waals surface area contributed by atoms with Crippen molar-refractivity contribution in [2.24, 2.45) is 5.73 Å². The van der Waals surface area contributed by atoms with Gasteiger partial charge >= 0.3 is 0 Å². The lowest BCUT2D eigenvalue weighted by Gasteiger charge is -2.14. The molecule has 0 aliphatic carbocycles. The molecule has 0 saturated heterocycles. The van der Waals surface area contributed by atoms with Gasteiger partial charge in [0.25, 0.3) is 0 Å². The molecule has 0 saturated carbocycles. The maximum Gasteiger partial charge on any atom is 0.165 e. The van der Waals surface area contributed by atoms with Crippen LogP contribution in [0.3, 0.4) is 0 Å². The van der Waals surface area contributed by atoms with E-state index < -0.39 is 0 Å². The fourth-order valence-electron chi connectivity index (χ4n) is 1.51. The molecule has 1 aromatic rings. The zero-order valence-corrected chi connectivity index (χ0v) is 10.0. The standard InChI is InChI=1S/C13H20FNO/c1-3-8-16-13-10(9-11(15)4-2)6-5-7-12(13)14/h5-7,11H,3-4,8-9,15H2,1-2H3. The molecule has 1 aromatic carbocycles. The van der Waals surface area contributed by atoms with E-state index in [1.807, 2.05) is 19.9 Å². The average Bonchev–Trinajstić information content (AvgIpc) is 2.28. The molecule has 2 nitrogen and oxygen atoms in total. The lowest BCUT2D eigenvalue weighted by atomic mass is 10.0. The summed E-state index contributed by atoms with van der Waals surface area (Å²) in [5.74, 6) is 0.0718. The number of hydrogen-bond acceptors (Lipinski definition) is 2. The molecule has 2 N–H and O–H groups in total. The van der Waals surface area contributed by atoms with Gasteiger partial charge in [0.05, 0.1) is 6.61 Å². The van der Waals surface area contributed by atoms with Crippen LogP contribution in [0, 0.1) is 5.82 Å². The molecule has 1 unspecified atom stereocenters. The smallest absolute Gasteiger partial charge is 0.165 e. The molecule has 0 amide bonds. The lowest BCUT2D eigenvalue weighted by molar-refractivity contribution is 0.297. The number of para-hydroxylation sites is 1. The monoisotopic (exact) mass is 225 g/mol. The first-order chi connectivity index (χ1) is 7.69. The number of hydrogen-bond donors (Lipinski definition) is 1. The van der Waals surface area contributed by atoms with Gasteiger partial charge < -0.3 is 10.5 Å². The van der Waals surface area contributed by atoms with Crippen LogP contribution in [0.5, 0.6) is 5.75 Å². The van der Waals surface area contributed by atoms with Gasteiger partial charge in [-0.25, -0.2) is 4.39 Å². The zero-order valence-electron chi connectivity index (χ0n) is 10.0. The molecule has 3 heteroatoms. The molecule has 0 spiro atoms. The summed E-state index contributed by atoms with van der Waals surface area (Å²) in [4.78, 5) is 0. The van der Waals surface area contributed by atoms with Gasteiger partial charge in [-0.3, -0.25) is 0 Å². The molecule has 0 aliphatic rings. The predicted octanol–water partition coefficient (Wildman–Crippen LogP) is 2.89. The van der Waals surface area contributed by atoms with E-state index in [1.165, 1.54) is 6.07 Å². The molecular weight excluding hydrogens is 205 g/mol. The summed E-state index contributed by atoms with van der Waals surface area (Å²) in [5, 5.41) is 0. The van der Waals surface area contributed by atoms with E-state index in [-0.39, 0.29) is 11.9 Å². The number of nitrogens with two attached hydrogens (primary N) is 1. The molecule has 0 aliphatic heterocycles. The summed E-state index contributed by atoms with van der Waals surface area (Å²) >= 11 is 0. The summed E-state index contributed by atoms with van der Waals surface area (Å²) in [6, 6.07) is 5.06. The maximum absolute atomic E-state index is 13.6. The first-order valence-electron chi connectivity index (χ1n) is 5.84. The topological polar surface area (TPSA) is 35.2 Å². The van der Waals surface area contributed by atoms with Crippen LogP contribution >= 0.6 is 0 Å². The minimum absolute atomic E-state index is 0.0609. The van der Waals surface area contributed by atoms with E-state index in [9.17, 15) is 4.39 Å². The van der Waals surface area contributed by atoms with Crippen LogP contribution in [0.15, 0.2) is 18.2 Å². The van der Waals surface area contributed by atoms with Crippen LogP contribution in [0.4, 0.5) is 4.39 Å². The molecule has 0 radical (unpaired) electrons. The largest absolute Gasteiger partial charge is 0.490 e. The molecule has 1 rings (SSSR count). The second kappa shape index (κ2) is 6.48. The zero-order chi connectivity index (χ0) is 12.0. The normalized spacial score (nSPS) is 12.5. The Hall–Kier alpha value is -1.09. The molecule has 0 aromatic heterocycles. The molecule has 0 fully saturated rings. The molecule has 1 atom stereocenters. The fraction of sp³-hybridized carbons (Fsp3) is 0.538. The average molecular weight is 225 g/mol. The van der Waals surface area contributed by atoms with Crippen molar-refractivity contribution in [3.05, 3.63) is 29.6 Å². The third-order valence-corrected chi connectivity index (χ3v) is 2.51. The van der Waals surface area contributed by atoms with Gasteiger partial charge in [0.1, 0.15) is 0 Å². The Morgan fingerprint density at radius 1 is 1.38 bits per heavy atom. The van der Waals surface area contributed by atoms with Crippen molar-refractivity contribution in [2.75, 3.05) is 6.61 Å². The van der Waals surface area contributed by atoms with E-state index >= 15 is 0 Å². The summed E-state index contributed by atoms with van der Waals surface area (Å²) in [5.41, 5.74) is 6.74. The van der Waals surface area contributed by atoms with E-state index in [0.717, 1.165) is 18.4 Å². The SMILES string of the molecule is CCCOc1c(F)cccc1CC(N)CC. The number of benzene rings is 1. The summed E-state index contributed by atoms with van der Waals surface area (Å²) in [7, 11) is 0. The van der Waals surface area contributed by atoms with Gasteiger partial charge in [-0.05, 0) is 30.9 Å². The quantitative estimate of drug-likeness (QED) is 0.808. The van der Waals surface area contributed by atoms with Gasteiger partial charge in [0, 0.05) is 6.04 Å². The predicted molar refractivity (Wildman–Crippen MR) is 64.2 cm³/mol. The van der Waals surface area contributed by atoms with Crippen molar-refractivity contribution in [1.82, 2.24) is 0 Å². The Morgan fingerprint density at radius 3 is 2.75 bits per heavy atom. The van der Waals surface area contributed by atoms with Crippen LogP contribution in [0.1, 0.15) is 32.3 Å². The van der Waals surface area contributed by atoms with Crippen LogP contribution in [-0.2, 0) is 6.42 Å². The Morgan fingerprint density at radius 2 is 2.12 bits per heavy atom. The fourth-order valence-corrected chi connectivity index (χ4v) is 1.51. The van der Waals surface area contributed by atoms with Gasteiger partial charge in [-0.2, -0.15) is 0 Å². The van der Waals surface area contributed by atoms with Gasteiger partial charge in [0.2, 0.25) is 0 Å². The highest BCUT2D eigenvalue weighted by molar-refractivity contribution is 5.35. The molecule has 0 bridgehead atoms. The van der Waals surface area contributed by atoms with E-state index in [0.29, 0.717) is 18.8 Å². The van der Waals surface area contributed by atoms with Crippen molar-refractivity contribution < 1.29 is 9.13 Å². The molecule has 90 valence electrons. The summed E-state index contributed by atoms with van der Waals surface area (Å²) in [6.07, 6.45) is 2.41. The van der Waals surface area contributed by atoms with Gasteiger partial charge in [0.15, 0.2) is 11.6 Å². The maximum atomic E-state index is 13.6. The Kier molecular flexibility index (Phi) is 5.26. The summed E-state index contributed by atoms with van der Waals surface area (Å²) in [6.45, 7) is 4.56. The van der Waals surface area contributed by atoms with Gasteiger partial charge in [-0.15, -0.1) is 0 Å². The van der Waals surface area contributed by atoms with Gasteiger partial charge in [-0.1, -0.05) is 26.0 Å². The van der Waals surface area contributed by atoms with E-state index in [2.05, 4.69) is 0 Å². The van der Waals surface area contributed by atoms with Crippen molar-refractivity contribution in [3.8, 4) is 5.75 Å². The Labute approximate surface area is 96.6 Å². The lowest BCUT2D eigenvalue weighted by Crippen LogP contribution is -2.22. The Balaban J connectivity index is 2.84. The van der Waals surface area contributed by atoms with Crippen molar-refractivity contribution in [2.45, 2.75) is 39.2 Å². The Bertz CT molecular complexity index is 328. The molecule has 0 heterocycles. The number of rotatable bonds is 6. The van der Waals surface area contributed by atoms with Crippen LogP contribution in [0.2, 0.25) is 0 Å². The molecule has 16 heavy (non-hydrogen) atoms. The first kappa shape index (κ1) is 13.0. The van der Waals surface area contributed by atoms with E-state index in [1.54, 1.807) is 6.07 Å². The summed E-state index contributed by atoms with van der Waals surface area (Å²) < 4.78 is 19.0. The second-order valence-electron chi connectivity index (χ2n) is 3.95. The number of halogens is 1. The highest BCUT2D eigenvalue weighted by Crippen LogP contribution is 2.24. The highest BCUT2D eigenvalue weighted by Gasteiger charge is 2.11. The highest BCUT2D eigenvalue weighted by atomic mass is 19.1. The van der Waals surface area contributed by atoms with Crippen molar-refractivity contribution in [3.63, 3.8) is 0 Å². The third kappa shape index (κ3) is 3.49. The van der Waals surface area contributed by atoms with Crippen molar-refractivity contribution in [1.29, 1.82) is 0 Å². The minimum atomic E-state index is -0.297. The van der Waals surface area contributed by atoms with Crippen LogP contribution in [0.25, 0.3) is 0 Å². The third-order valence-electron chi connectivity index (χ3n) is 2.51. The second-order valence-corrected chi connectivity index (χ2v) is 3.95. The van der Waals surface area contributed by atoms with Crippen molar-refractivity contribution >= 4 is 0 Å². The van der Waals surface area contributed by atoms with E-state index in [4.69, 9.17) is 10.5 Å². The van der Waals surface area contributed by atoms with Crippen LogP contribution < -0.4 is 10.5 Å². The molecular formula is C13H20FNO. The first-order valence-corrected chi connectivity index (χ1v) is 5.84.